The molecule has 1 aromatic heterocycles. The Balaban J connectivity index is 2.07. The van der Waals surface area contributed by atoms with Crippen molar-refractivity contribution in [1.29, 1.82) is 0 Å². The molecule has 1 aliphatic heterocycles. The summed E-state index contributed by atoms with van der Waals surface area (Å²) in [7, 11) is 0. The number of nitrogens with zero attached hydrogens (tertiary/aromatic N) is 5. The van der Waals surface area contributed by atoms with E-state index in [1.165, 1.54) is 6.07 Å². The molecular formula is C15H13F2N6O3. The number of rotatable bonds is 4. The van der Waals surface area contributed by atoms with Crippen LogP contribution in [0.4, 0.5) is 14.6 Å². The number of nitrogen functional groups attached to an aromatic ring is 1. The lowest BCUT2D eigenvalue weighted by Gasteiger charge is -2.26. The van der Waals surface area contributed by atoms with Crippen molar-refractivity contribution < 1.29 is 18.6 Å². The van der Waals surface area contributed by atoms with Crippen LogP contribution < -0.4 is 11.4 Å². The van der Waals surface area contributed by atoms with Gasteiger partial charge in [-0.3, -0.25) is 4.57 Å². The second kappa shape index (κ2) is 6.37. The molecule has 0 bridgehead atoms. The molecule has 0 amide bonds. The Morgan fingerprint density at radius 1 is 1.50 bits per heavy atom. The summed E-state index contributed by atoms with van der Waals surface area (Å²) in [4.78, 5) is 17.8. The fourth-order valence-electron chi connectivity index (χ4n) is 2.76. The molecule has 0 spiro atoms. The van der Waals surface area contributed by atoms with Crippen LogP contribution >= 0.6 is 0 Å². The first kappa shape index (κ1) is 17.8. The van der Waals surface area contributed by atoms with Crippen LogP contribution in [0.25, 0.3) is 10.4 Å². The maximum absolute atomic E-state index is 14.7. The van der Waals surface area contributed by atoms with E-state index in [0.29, 0.717) is 10.1 Å². The van der Waals surface area contributed by atoms with Crippen LogP contribution in [0.5, 0.6) is 0 Å². The van der Waals surface area contributed by atoms with Crippen molar-refractivity contribution in [3.63, 3.8) is 0 Å². The van der Waals surface area contributed by atoms with Gasteiger partial charge in [-0.15, -0.1) is 0 Å². The summed E-state index contributed by atoms with van der Waals surface area (Å²) in [6, 6.07) is 10.3. The molecule has 135 valence electrons. The van der Waals surface area contributed by atoms with Gasteiger partial charge >= 0.3 is 11.6 Å². The maximum atomic E-state index is 14.7. The number of benzene rings is 1. The number of hydrogen-bond donors (Lipinski definition) is 2. The summed E-state index contributed by atoms with van der Waals surface area (Å²) < 4.78 is 35.2. The normalized spacial score (nSPS) is 27.0. The second-order valence-corrected chi connectivity index (χ2v) is 5.69. The summed E-state index contributed by atoms with van der Waals surface area (Å²) >= 11 is 0. The quantitative estimate of drug-likeness (QED) is 0.480. The lowest BCUT2D eigenvalue weighted by atomic mass is 9.96. The summed E-state index contributed by atoms with van der Waals surface area (Å²) in [6.07, 6.45) is -4.14. The zero-order valence-electron chi connectivity index (χ0n) is 13.2. The van der Waals surface area contributed by atoms with Gasteiger partial charge in [0.05, 0.1) is 0 Å². The van der Waals surface area contributed by atoms with Crippen molar-refractivity contribution in [1.82, 2.24) is 9.55 Å². The monoisotopic (exact) mass is 363 g/mol. The predicted molar refractivity (Wildman–Crippen MR) is 84.8 cm³/mol. The number of aliphatic hydroxyl groups is 1. The number of halogens is 2. The molecule has 2 aromatic rings. The third kappa shape index (κ3) is 2.88. The summed E-state index contributed by atoms with van der Waals surface area (Å²) in [6.45, 7) is 0. The molecule has 1 radical (unpaired) electrons. The van der Waals surface area contributed by atoms with Gasteiger partial charge in [-0.05, 0) is 23.2 Å². The maximum Gasteiger partial charge on any atom is 0.351 e. The molecule has 9 nitrogen and oxygen atoms in total. The molecule has 3 rings (SSSR count). The van der Waals surface area contributed by atoms with Gasteiger partial charge in [-0.2, -0.15) is 13.8 Å². The molecule has 1 aliphatic rings. The van der Waals surface area contributed by atoms with Gasteiger partial charge in [-0.1, -0.05) is 29.4 Å². The van der Waals surface area contributed by atoms with Crippen LogP contribution in [0.15, 0.2) is 46.4 Å². The largest absolute Gasteiger partial charge is 0.383 e. The number of hydrogen-bond acceptors (Lipinski definition) is 6. The minimum atomic E-state index is -3.94. The van der Waals surface area contributed by atoms with Crippen molar-refractivity contribution >= 4 is 5.82 Å². The van der Waals surface area contributed by atoms with Crippen molar-refractivity contribution in [3.05, 3.63) is 69.1 Å². The number of anilines is 1. The lowest BCUT2D eigenvalue weighted by molar-refractivity contribution is -0.142. The number of ether oxygens (including phenoxy) is 1. The van der Waals surface area contributed by atoms with Crippen LogP contribution in [-0.2, 0) is 11.2 Å². The topological polar surface area (TPSA) is 139 Å². The smallest absolute Gasteiger partial charge is 0.351 e. The van der Waals surface area contributed by atoms with E-state index in [2.05, 4.69) is 21.1 Å². The first-order chi connectivity index (χ1) is 12.3. The Morgan fingerprint density at radius 3 is 2.88 bits per heavy atom. The molecule has 2 heterocycles. The second-order valence-electron chi connectivity index (χ2n) is 5.69. The molecule has 0 unspecified atom stereocenters. The third-order valence-corrected chi connectivity index (χ3v) is 3.97. The Labute approximate surface area is 145 Å². The number of alkyl halides is 2. The van der Waals surface area contributed by atoms with Crippen LogP contribution in [-0.4, -0.2) is 32.4 Å². The van der Waals surface area contributed by atoms with Gasteiger partial charge in [0.15, 0.2) is 11.8 Å². The summed E-state index contributed by atoms with van der Waals surface area (Å²) in [5.41, 5.74) is 11.1. The first-order valence-corrected chi connectivity index (χ1v) is 7.40. The fourth-order valence-corrected chi connectivity index (χ4v) is 2.76. The van der Waals surface area contributed by atoms with Gasteiger partial charge < -0.3 is 15.6 Å². The number of aromatic nitrogens is 2. The van der Waals surface area contributed by atoms with Crippen molar-refractivity contribution in [2.75, 3.05) is 5.73 Å². The van der Waals surface area contributed by atoms with E-state index >= 15 is 0 Å². The van der Waals surface area contributed by atoms with E-state index in [4.69, 9.17) is 16.0 Å². The highest BCUT2D eigenvalue weighted by Gasteiger charge is 2.67. The highest BCUT2D eigenvalue weighted by Crippen LogP contribution is 2.49. The van der Waals surface area contributed by atoms with E-state index in [1.807, 2.05) is 0 Å². The van der Waals surface area contributed by atoms with Crippen LogP contribution in [0.3, 0.4) is 0 Å². The fraction of sp³-hybridized carbons (Fsp3) is 0.333. The van der Waals surface area contributed by atoms with Gasteiger partial charge in [0.1, 0.15) is 5.82 Å². The molecule has 3 N–H and O–H groups in total. The standard InChI is InChI=1S/C15H13F2N6O3/c16-15(17)11(24)14(21-22-19,8-9-4-2-1-3-5-9)26-12(15)23-7-6-10(18)20-13(23)25/h1-4,6-7,11-12,24H,8H2,(H2,18,20,25)/t11-,12-,14-/m1/s1. The molecule has 0 saturated carbocycles. The Bertz CT molecular complexity index is 915. The highest BCUT2D eigenvalue weighted by atomic mass is 19.3. The zero-order chi connectivity index (χ0) is 18.9. The average Bonchev–Trinajstić information content (AvgIpc) is 2.78. The molecular weight excluding hydrogens is 350 g/mol. The predicted octanol–water partition coefficient (Wildman–Crippen LogP) is 1.40. The summed E-state index contributed by atoms with van der Waals surface area (Å²) in [5.74, 6) is -4.10. The minimum absolute atomic E-state index is 0.159. The van der Waals surface area contributed by atoms with Gasteiger partial charge in [0.2, 0.25) is 6.23 Å². The first-order valence-electron chi connectivity index (χ1n) is 7.40. The molecule has 1 fully saturated rings. The van der Waals surface area contributed by atoms with Crippen LogP contribution in [0, 0.1) is 6.07 Å². The number of nitrogens with two attached hydrogens (primary N) is 1. The van der Waals surface area contributed by atoms with Crippen LogP contribution in [0.1, 0.15) is 11.8 Å². The Hall–Kier alpha value is -3.01. The molecule has 0 aliphatic carbocycles. The average molecular weight is 363 g/mol. The van der Waals surface area contributed by atoms with Crippen molar-refractivity contribution in [3.8, 4) is 0 Å². The van der Waals surface area contributed by atoms with E-state index in [1.54, 1.807) is 18.2 Å². The van der Waals surface area contributed by atoms with Gasteiger partial charge in [0, 0.05) is 17.5 Å². The zero-order valence-corrected chi connectivity index (χ0v) is 13.2. The molecule has 3 atom stereocenters. The Kier molecular flexibility index (Phi) is 4.36. The molecule has 26 heavy (non-hydrogen) atoms. The van der Waals surface area contributed by atoms with E-state index in [0.717, 1.165) is 12.3 Å². The van der Waals surface area contributed by atoms with Crippen LogP contribution in [0.2, 0.25) is 0 Å². The number of azide groups is 1. The van der Waals surface area contributed by atoms with Gasteiger partial charge in [0.25, 0.3) is 0 Å². The van der Waals surface area contributed by atoms with E-state index in [9.17, 15) is 18.7 Å². The van der Waals surface area contributed by atoms with Gasteiger partial charge in [-0.25, -0.2) is 4.79 Å². The minimum Gasteiger partial charge on any atom is -0.383 e. The Morgan fingerprint density at radius 2 is 2.27 bits per heavy atom. The lowest BCUT2D eigenvalue weighted by Crippen LogP contribution is -2.46. The van der Waals surface area contributed by atoms with E-state index < -0.39 is 29.7 Å². The molecule has 11 heteroatoms. The molecule has 1 saturated heterocycles. The highest BCUT2D eigenvalue weighted by molar-refractivity contribution is 5.24. The SMILES string of the molecule is [N-]=[N+]=N[C@]1(Cc2[c]cccc2)O[C@@H](n2ccc(N)nc2=O)C(F)(F)[C@@H]1O. The van der Waals surface area contributed by atoms with Crippen molar-refractivity contribution in [2.45, 2.75) is 30.4 Å². The summed E-state index contributed by atoms with van der Waals surface area (Å²) in [5, 5.41) is 13.5. The third-order valence-electron chi connectivity index (χ3n) is 3.97. The number of aliphatic hydroxyl groups excluding tert-OH is 1. The van der Waals surface area contributed by atoms with Crippen molar-refractivity contribution in [2.24, 2.45) is 5.11 Å². The van der Waals surface area contributed by atoms with E-state index in [-0.39, 0.29) is 12.2 Å². The molecule has 1 aromatic carbocycles.